The van der Waals surface area contributed by atoms with Crippen molar-refractivity contribution in [2.75, 3.05) is 13.2 Å². The van der Waals surface area contributed by atoms with Crippen LogP contribution in [0.1, 0.15) is 11.1 Å². The van der Waals surface area contributed by atoms with E-state index in [-0.39, 0.29) is 5.57 Å². The molecule has 0 aliphatic carbocycles. The van der Waals surface area contributed by atoms with Crippen molar-refractivity contribution in [3.8, 4) is 17.6 Å². The molecule has 128 valence electrons. The molecule has 1 N–H and O–H groups in total. The summed E-state index contributed by atoms with van der Waals surface area (Å²) < 4.78 is 11.1. The van der Waals surface area contributed by atoms with Gasteiger partial charge in [-0.1, -0.05) is 23.7 Å². The second-order valence-corrected chi connectivity index (χ2v) is 5.56. The third-order valence-electron chi connectivity index (χ3n) is 3.29. The predicted molar refractivity (Wildman–Crippen MR) is 94.8 cm³/mol. The minimum atomic E-state index is -1.25. The van der Waals surface area contributed by atoms with Crippen molar-refractivity contribution in [2.45, 2.75) is 6.92 Å². The molecule has 0 atom stereocenters. The molecule has 0 heterocycles. The molecule has 2 aromatic carbocycles. The lowest BCUT2D eigenvalue weighted by Gasteiger charge is -2.09. The molecular weight excluding hydrogens is 342 g/mol. The van der Waals surface area contributed by atoms with E-state index in [1.165, 1.54) is 6.08 Å². The third-order valence-corrected chi connectivity index (χ3v) is 3.72. The van der Waals surface area contributed by atoms with Gasteiger partial charge in [0.2, 0.25) is 0 Å². The van der Waals surface area contributed by atoms with E-state index in [0.717, 1.165) is 11.3 Å². The molecule has 0 radical (unpaired) electrons. The van der Waals surface area contributed by atoms with E-state index in [2.05, 4.69) is 0 Å². The van der Waals surface area contributed by atoms with Gasteiger partial charge in [-0.25, -0.2) is 4.79 Å². The molecule has 0 saturated carbocycles. The number of carboxylic acid groups (broad SMARTS) is 1. The molecule has 0 aliphatic rings. The zero-order valence-corrected chi connectivity index (χ0v) is 14.3. The molecule has 0 fully saturated rings. The SMILES string of the molecule is Cc1cc(OCCOc2ccc(C=C(C#N)C(=O)O)cc2)ccc1Cl. The summed E-state index contributed by atoms with van der Waals surface area (Å²) in [4.78, 5) is 10.8. The fraction of sp³-hybridized carbons (Fsp3) is 0.158. The molecule has 2 aromatic rings. The largest absolute Gasteiger partial charge is 0.490 e. The second kappa shape index (κ2) is 8.76. The molecule has 0 aromatic heterocycles. The van der Waals surface area contributed by atoms with Gasteiger partial charge < -0.3 is 14.6 Å². The van der Waals surface area contributed by atoms with Crippen molar-refractivity contribution in [3.63, 3.8) is 0 Å². The van der Waals surface area contributed by atoms with Crippen molar-refractivity contribution >= 4 is 23.6 Å². The molecule has 0 unspecified atom stereocenters. The van der Waals surface area contributed by atoms with Gasteiger partial charge in [-0.2, -0.15) is 5.26 Å². The number of halogens is 1. The predicted octanol–water partition coefficient (Wildman–Crippen LogP) is 4.10. The maximum absolute atomic E-state index is 10.8. The van der Waals surface area contributed by atoms with Crippen LogP contribution in [0.25, 0.3) is 6.08 Å². The van der Waals surface area contributed by atoms with Crippen LogP contribution in [0.3, 0.4) is 0 Å². The molecule has 5 nitrogen and oxygen atoms in total. The van der Waals surface area contributed by atoms with E-state index in [4.69, 9.17) is 31.4 Å². The van der Waals surface area contributed by atoms with Crippen LogP contribution < -0.4 is 9.47 Å². The topological polar surface area (TPSA) is 79.5 Å². The first-order chi connectivity index (χ1) is 12.0. The molecule has 0 aliphatic heterocycles. The highest BCUT2D eigenvalue weighted by molar-refractivity contribution is 6.31. The Morgan fingerprint density at radius 3 is 2.32 bits per heavy atom. The van der Waals surface area contributed by atoms with Crippen LogP contribution in [0.4, 0.5) is 0 Å². The smallest absolute Gasteiger partial charge is 0.346 e. The van der Waals surface area contributed by atoms with Gasteiger partial charge in [0.15, 0.2) is 0 Å². The zero-order valence-electron chi connectivity index (χ0n) is 13.5. The summed E-state index contributed by atoms with van der Waals surface area (Å²) >= 11 is 5.96. The van der Waals surface area contributed by atoms with Crippen LogP contribution in [0.2, 0.25) is 5.02 Å². The summed E-state index contributed by atoms with van der Waals surface area (Å²) in [6.45, 7) is 2.64. The maximum atomic E-state index is 10.8. The Morgan fingerprint density at radius 2 is 1.76 bits per heavy atom. The van der Waals surface area contributed by atoms with Gasteiger partial charge >= 0.3 is 5.97 Å². The highest BCUT2D eigenvalue weighted by Crippen LogP contribution is 2.21. The van der Waals surface area contributed by atoms with Crippen molar-refractivity contribution < 1.29 is 19.4 Å². The molecule has 2 rings (SSSR count). The van der Waals surface area contributed by atoms with Crippen molar-refractivity contribution in [2.24, 2.45) is 0 Å². The second-order valence-electron chi connectivity index (χ2n) is 5.15. The number of aliphatic carboxylic acids is 1. The molecule has 0 saturated heterocycles. The van der Waals surface area contributed by atoms with Gasteiger partial charge in [-0.3, -0.25) is 0 Å². The van der Waals surface area contributed by atoms with E-state index in [9.17, 15) is 4.79 Å². The number of nitriles is 1. The number of carboxylic acids is 1. The summed E-state index contributed by atoms with van der Waals surface area (Å²) in [5.41, 5.74) is 1.24. The minimum absolute atomic E-state index is 0.319. The molecule has 25 heavy (non-hydrogen) atoms. The summed E-state index contributed by atoms with van der Waals surface area (Å²) in [6.07, 6.45) is 1.30. The van der Waals surface area contributed by atoms with Crippen LogP contribution in [0, 0.1) is 18.3 Å². The number of hydrogen-bond acceptors (Lipinski definition) is 4. The van der Waals surface area contributed by atoms with E-state index >= 15 is 0 Å². The van der Waals surface area contributed by atoms with Crippen molar-refractivity contribution in [3.05, 3.63) is 64.2 Å². The molecule has 0 spiro atoms. The third kappa shape index (κ3) is 5.55. The van der Waals surface area contributed by atoms with Crippen LogP contribution in [0.15, 0.2) is 48.0 Å². The minimum Gasteiger partial charge on any atom is -0.490 e. The van der Waals surface area contributed by atoms with Crippen LogP contribution >= 0.6 is 11.6 Å². The first-order valence-corrected chi connectivity index (χ1v) is 7.84. The van der Waals surface area contributed by atoms with Crippen LogP contribution in [-0.4, -0.2) is 24.3 Å². The van der Waals surface area contributed by atoms with Gasteiger partial charge in [0.25, 0.3) is 0 Å². The number of ether oxygens (including phenoxy) is 2. The number of hydrogen-bond donors (Lipinski definition) is 1. The summed E-state index contributed by atoms with van der Waals surface area (Å²) in [7, 11) is 0. The standard InChI is InChI=1S/C19H16ClNO4/c1-13-10-17(6-7-18(13)20)25-9-8-24-16-4-2-14(3-5-16)11-15(12-21)19(22)23/h2-7,10-11H,8-9H2,1H3,(H,22,23). The summed E-state index contributed by atoms with van der Waals surface area (Å²) in [6, 6.07) is 13.8. The quantitative estimate of drug-likeness (QED) is 0.458. The van der Waals surface area contributed by atoms with Crippen molar-refractivity contribution in [1.29, 1.82) is 5.26 Å². The summed E-state index contributed by atoms with van der Waals surface area (Å²) in [5.74, 6) is 0.1000. The molecule has 0 amide bonds. The molecule has 6 heteroatoms. The fourth-order valence-electron chi connectivity index (χ4n) is 1.99. The van der Waals surface area contributed by atoms with Gasteiger partial charge in [0.05, 0.1) is 0 Å². The van der Waals surface area contributed by atoms with Gasteiger partial charge in [0.1, 0.15) is 36.4 Å². The van der Waals surface area contributed by atoms with E-state index in [1.807, 2.05) is 13.0 Å². The molecule has 0 bridgehead atoms. The lowest BCUT2D eigenvalue weighted by atomic mass is 10.1. The number of benzene rings is 2. The normalized spacial score (nSPS) is 10.8. The maximum Gasteiger partial charge on any atom is 0.346 e. The Labute approximate surface area is 150 Å². The Bertz CT molecular complexity index is 822. The van der Waals surface area contributed by atoms with E-state index in [1.54, 1.807) is 42.5 Å². The van der Waals surface area contributed by atoms with E-state index < -0.39 is 5.97 Å². The Balaban J connectivity index is 1.84. The lowest BCUT2D eigenvalue weighted by Crippen LogP contribution is -2.09. The zero-order chi connectivity index (χ0) is 18.2. The van der Waals surface area contributed by atoms with Crippen LogP contribution in [-0.2, 0) is 4.79 Å². The van der Waals surface area contributed by atoms with Crippen molar-refractivity contribution in [1.82, 2.24) is 0 Å². The monoisotopic (exact) mass is 357 g/mol. The first kappa shape index (κ1) is 18.4. The number of rotatable bonds is 7. The Kier molecular flexibility index (Phi) is 6.44. The highest BCUT2D eigenvalue weighted by atomic mass is 35.5. The Morgan fingerprint density at radius 1 is 1.16 bits per heavy atom. The average molecular weight is 358 g/mol. The Hall–Kier alpha value is -2.97. The highest BCUT2D eigenvalue weighted by Gasteiger charge is 2.05. The first-order valence-electron chi connectivity index (χ1n) is 7.46. The number of nitrogens with zero attached hydrogens (tertiary/aromatic N) is 1. The number of aryl methyl sites for hydroxylation is 1. The number of carbonyl (C=O) groups is 1. The lowest BCUT2D eigenvalue weighted by molar-refractivity contribution is -0.132. The molecular formula is C19H16ClNO4. The van der Waals surface area contributed by atoms with Gasteiger partial charge in [0, 0.05) is 5.02 Å². The fourth-order valence-corrected chi connectivity index (χ4v) is 2.11. The average Bonchev–Trinajstić information content (AvgIpc) is 2.60. The van der Waals surface area contributed by atoms with E-state index in [0.29, 0.717) is 29.5 Å². The van der Waals surface area contributed by atoms with Gasteiger partial charge in [-0.15, -0.1) is 0 Å². The van der Waals surface area contributed by atoms with Gasteiger partial charge in [-0.05, 0) is 54.5 Å². The van der Waals surface area contributed by atoms with Crippen LogP contribution in [0.5, 0.6) is 11.5 Å². The summed E-state index contributed by atoms with van der Waals surface area (Å²) in [5, 5.41) is 18.3.